The fraction of sp³-hybridized carbons (Fsp3) is 0.500. The van der Waals surface area contributed by atoms with Gasteiger partial charge in [0.1, 0.15) is 0 Å². The predicted molar refractivity (Wildman–Crippen MR) is 81.7 cm³/mol. The number of hydrogen-bond donors (Lipinski definition) is 3. The van der Waals surface area contributed by atoms with E-state index >= 15 is 0 Å². The average Bonchev–Trinajstić information content (AvgIpc) is 2.86. The van der Waals surface area contributed by atoms with E-state index in [-0.39, 0.29) is 17.0 Å². The van der Waals surface area contributed by atoms with E-state index in [1.54, 1.807) is 6.92 Å². The molecule has 1 saturated carbocycles. The van der Waals surface area contributed by atoms with Crippen molar-refractivity contribution in [3.05, 3.63) is 23.3 Å². The standard InChI is InChI=1S/C14H21N3O3S/c1-9-7-12(21(15,19)20)8-13(10(9)2)17-14(18)16-11-5-3-4-6-11/h7-8,11H,3-6H2,1-2H3,(H2,15,19,20)(H2,16,17,18). The molecule has 0 atom stereocenters. The van der Waals surface area contributed by atoms with Crippen molar-refractivity contribution in [2.75, 3.05) is 5.32 Å². The summed E-state index contributed by atoms with van der Waals surface area (Å²) in [7, 11) is -3.79. The molecule has 0 aliphatic heterocycles. The summed E-state index contributed by atoms with van der Waals surface area (Å²) >= 11 is 0. The SMILES string of the molecule is Cc1cc(S(N)(=O)=O)cc(NC(=O)NC2CCCC2)c1C. The molecule has 7 heteroatoms. The Kier molecular flexibility index (Phi) is 4.53. The van der Waals surface area contributed by atoms with Crippen LogP contribution in [0.25, 0.3) is 0 Å². The Morgan fingerprint density at radius 3 is 2.43 bits per heavy atom. The number of nitrogens with two attached hydrogens (primary N) is 1. The highest BCUT2D eigenvalue weighted by Crippen LogP contribution is 2.24. The molecule has 1 aliphatic carbocycles. The van der Waals surface area contributed by atoms with E-state index in [4.69, 9.17) is 5.14 Å². The summed E-state index contributed by atoms with van der Waals surface area (Å²) < 4.78 is 22.9. The lowest BCUT2D eigenvalue weighted by Crippen LogP contribution is -2.36. The maximum atomic E-state index is 12.0. The molecule has 0 saturated heterocycles. The van der Waals surface area contributed by atoms with Crippen molar-refractivity contribution < 1.29 is 13.2 Å². The highest BCUT2D eigenvalue weighted by atomic mass is 32.2. The Morgan fingerprint density at radius 1 is 1.24 bits per heavy atom. The molecular weight excluding hydrogens is 290 g/mol. The van der Waals surface area contributed by atoms with E-state index in [1.807, 2.05) is 6.92 Å². The lowest BCUT2D eigenvalue weighted by molar-refractivity contribution is 0.248. The summed E-state index contributed by atoms with van der Waals surface area (Å²) in [5.41, 5.74) is 2.05. The number of benzene rings is 1. The number of nitrogens with one attached hydrogen (secondary N) is 2. The van der Waals surface area contributed by atoms with Crippen molar-refractivity contribution >= 4 is 21.7 Å². The molecule has 1 aliphatic rings. The van der Waals surface area contributed by atoms with Crippen molar-refractivity contribution in [1.82, 2.24) is 5.32 Å². The fourth-order valence-corrected chi connectivity index (χ4v) is 3.16. The number of amides is 2. The van der Waals surface area contributed by atoms with Gasteiger partial charge in [-0.15, -0.1) is 0 Å². The number of carbonyl (C=O) groups is 1. The van der Waals surface area contributed by atoms with E-state index in [1.165, 1.54) is 12.1 Å². The lowest BCUT2D eigenvalue weighted by atomic mass is 10.1. The van der Waals surface area contributed by atoms with Crippen LogP contribution >= 0.6 is 0 Å². The Balaban J connectivity index is 2.18. The number of anilines is 1. The smallest absolute Gasteiger partial charge is 0.319 e. The highest BCUT2D eigenvalue weighted by Gasteiger charge is 2.18. The van der Waals surface area contributed by atoms with Crippen LogP contribution in [-0.4, -0.2) is 20.5 Å². The minimum atomic E-state index is -3.79. The van der Waals surface area contributed by atoms with Crippen molar-refractivity contribution in [3.63, 3.8) is 0 Å². The van der Waals surface area contributed by atoms with E-state index in [2.05, 4.69) is 10.6 Å². The predicted octanol–water partition coefficient (Wildman–Crippen LogP) is 2.01. The number of carbonyl (C=O) groups excluding carboxylic acids is 1. The van der Waals surface area contributed by atoms with Gasteiger partial charge in [0.25, 0.3) is 0 Å². The van der Waals surface area contributed by atoms with Crippen LogP contribution in [0.1, 0.15) is 36.8 Å². The Labute approximate surface area is 125 Å². The number of hydrogen-bond acceptors (Lipinski definition) is 3. The van der Waals surface area contributed by atoms with Crippen molar-refractivity contribution in [2.24, 2.45) is 5.14 Å². The normalized spacial score (nSPS) is 16.0. The molecule has 0 aromatic heterocycles. The molecule has 0 bridgehead atoms. The van der Waals surface area contributed by atoms with E-state index in [9.17, 15) is 13.2 Å². The molecule has 2 rings (SSSR count). The van der Waals surface area contributed by atoms with Gasteiger partial charge in [0.15, 0.2) is 0 Å². The molecule has 2 amide bonds. The van der Waals surface area contributed by atoms with Crippen molar-refractivity contribution in [1.29, 1.82) is 0 Å². The monoisotopic (exact) mass is 311 g/mol. The second-order valence-electron chi connectivity index (χ2n) is 5.54. The number of primary sulfonamides is 1. The molecule has 0 unspecified atom stereocenters. The molecule has 0 spiro atoms. The maximum absolute atomic E-state index is 12.0. The molecule has 1 aromatic rings. The third-order valence-corrected chi connectivity index (χ3v) is 4.80. The maximum Gasteiger partial charge on any atom is 0.319 e. The van der Waals surface area contributed by atoms with Crippen molar-refractivity contribution in [2.45, 2.75) is 50.5 Å². The third kappa shape index (κ3) is 3.95. The van der Waals surface area contributed by atoms with Crippen LogP contribution in [0.3, 0.4) is 0 Å². The van der Waals surface area contributed by atoms with Crippen molar-refractivity contribution in [3.8, 4) is 0 Å². The molecule has 1 aromatic carbocycles. The highest BCUT2D eigenvalue weighted by molar-refractivity contribution is 7.89. The number of aryl methyl sites for hydroxylation is 1. The Bertz CT molecular complexity index is 650. The molecule has 1 fully saturated rings. The molecular formula is C14H21N3O3S. The molecule has 116 valence electrons. The molecule has 4 N–H and O–H groups in total. The van der Waals surface area contributed by atoms with Gasteiger partial charge in [-0.3, -0.25) is 0 Å². The van der Waals surface area contributed by atoms with E-state index in [0.717, 1.165) is 36.8 Å². The average molecular weight is 311 g/mol. The van der Waals surface area contributed by atoms with E-state index in [0.29, 0.717) is 5.69 Å². The third-order valence-electron chi connectivity index (χ3n) is 3.91. The first-order valence-corrected chi connectivity index (χ1v) is 8.53. The van der Waals surface area contributed by atoms with Gasteiger partial charge in [0.2, 0.25) is 10.0 Å². The first-order chi connectivity index (χ1) is 9.77. The summed E-state index contributed by atoms with van der Waals surface area (Å²) in [5, 5.41) is 10.8. The van der Waals surface area contributed by atoms with Gasteiger partial charge in [-0.05, 0) is 49.9 Å². The quantitative estimate of drug-likeness (QED) is 0.796. The molecule has 0 heterocycles. The van der Waals surface area contributed by atoms with Crippen LogP contribution in [0.5, 0.6) is 0 Å². The van der Waals surface area contributed by atoms with Crippen LogP contribution < -0.4 is 15.8 Å². The summed E-state index contributed by atoms with van der Waals surface area (Å²) in [4.78, 5) is 12.0. The minimum absolute atomic E-state index is 0.00164. The summed E-state index contributed by atoms with van der Waals surface area (Å²) in [5.74, 6) is 0. The molecule has 0 radical (unpaired) electrons. The van der Waals surface area contributed by atoms with Gasteiger partial charge in [-0.2, -0.15) is 0 Å². The summed E-state index contributed by atoms with van der Waals surface area (Å²) in [6, 6.07) is 2.79. The van der Waals surface area contributed by atoms with Crippen LogP contribution in [0.15, 0.2) is 17.0 Å². The fourth-order valence-electron chi connectivity index (χ4n) is 2.53. The Morgan fingerprint density at radius 2 is 1.86 bits per heavy atom. The Hall–Kier alpha value is -1.60. The zero-order chi connectivity index (χ0) is 15.6. The number of sulfonamides is 1. The van der Waals surface area contributed by atoms with E-state index < -0.39 is 10.0 Å². The van der Waals surface area contributed by atoms with Crippen LogP contribution in [0.2, 0.25) is 0 Å². The summed E-state index contributed by atoms with van der Waals surface area (Å²) in [6.45, 7) is 3.61. The largest absolute Gasteiger partial charge is 0.335 e. The first-order valence-electron chi connectivity index (χ1n) is 6.99. The van der Waals surface area contributed by atoms with Gasteiger partial charge in [-0.1, -0.05) is 12.8 Å². The number of urea groups is 1. The zero-order valence-electron chi connectivity index (χ0n) is 12.3. The van der Waals surface area contributed by atoms with Gasteiger partial charge in [-0.25, -0.2) is 18.4 Å². The van der Waals surface area contributed by atoms with Crippen LogP contribution in [0.4, 0.5) is 10.5 Å². The van der Waals surface area contributed by atoms with Gasteiger partial charge < -0.3 is 10.6 Å². The van der Waals surface area contributed by atoms with Gasteiger partial charge in [0, 0.05) is 11.7 Å². The molecule has 6 nitrogen and oxygen atoms in total. The minimum Gasteiger partial charge on any atom is -0.335 e. The lowest BCUT2D eigenvalue weighted by Gasteiger charge is -2.16. The second kappa shape index (κ2) is 6.03. The second-order valence-corrected chi connectivity index (χ2v) is 7.10. The molecule has 21 heavy (non-hydrogen) atoms. The van der Waals surface area contributed by atoms with Gasteiger partial charge >= 0.3 is 6.03 Å². The first kappa shape index (κ1) is 15.8. The van der Waals surface area contributed by atoms with Crippen LogP contribution in [-0.2, 0) is 10.0 Å². The number of rotatable bonds is 3. The van der Waals surface area contributed by atoms with Gasteiger partial charge in [0.05, 0.1) is 4.90 Å². The topological polar surface area (TPSA) is 101 Å². The van der Waals surface area contributed by atoms with Crippen LogP contribution in [0, 0.1) is 13.8 Å². The summed E-state index contributed by atoms with van der Waals surface area (Å²) in [6.07, 6.45) is 4.24. The zero-order valence-corrected chi connectivity index (χ0v) is 13.1.